The summed E-state index contributed by atoms with van der Waals surface area (Å²) in [6, 6.07) is 12.7. The molecule has 0 radical (unpaired) electrons. The predicted molar refractivity (Wildman–Crippen MR) is 143 cm³/mol. The molecule has 0 fully saturated rings. The number of amides is 3. The summed E-state index contributed by atoms with van der Waals surface area (Å²) in [5.74, 6) is -0.180. The summed E-state index contributed by atoms with van der Waals surface area (Å²) in [5, 5.41) is 10.2. The average Bonchev–Trinajstić information content (AvgIpc) is 3.25. The molecule has 1 heterocycles. The van der Waals surface area contributed by atoms with Crippen LogP contribution >= 0.6 is 11.6 Å². The van der Waals surface area contributed by atoms with E-state index in [-0.39, 0.29) is 24.2 Å². The summed E-state index contributed by atoms with van der Waals surface area (Å²) in [7, 11) is 0. The molecular formula is C27H31ClF3N5O2. The lowest BCUT2D eigenvalue weighted by atomic mass is 9.92. The Morgan fingerprint density at radius 3 is 2.32 bits per heavy atom. The smallest absolute Gasteiger partial charge is 0.315 e. The molecule has 1 aromatic heterocycles. The lowest BCUT2D eigenvalue weighted by Crippen LogP contribution is -2.41. The van der Waals surface area contributed by atoms with Crippen molar-refractivity contribution in [2.45, 2.75) is 52.1 Å². The number of aromatic nitrogens is 2. The quantitative estimate of drug-likeness (QED) is 0.314. The number of alkyl halides is 3. The number of carbonyl (C=O) groups excluding carboxylic acids is 2. The van der Waals surface area contributed by atoms with Gasteiger partial charge in [0, 0.05) is 18.0 Å². The number of nitrogens with zero attached hydrogens (tertiary/aromatic N) is 3. The molecule has 0 unspecified atom stereocenters. The van der Waals surface area contributed by atoms with Crippen LogP contribution in [-0.4, -0.2) is 39.7 Å². The summed E-state index contributed by atoms with van der Waals surface area (Å²) < 4.78 is 41.7. The molecule has 3 aromatic rings. The third-order valence-electron chi connectivity index (χ3n) is 5.70. The highest BCUT2D eigenvalue weighted by atomic mass is 35.5. The number of nitrogens with one attached hydrogen (secondary N) is 2. The maximum atomic E-state index is 13.4. The van der Waals surface area contributed by atoms with Gasteiger partial charge in [0.2, 0.25) is 5.91 Å². The van der Waals surface area contributed by atoms with Gasteiger partial charge in [-0.3, -0.25) is 4.79 Å². The number of para-hydroxylation sites is 2. The van der Waals surface area contributed by atoms with Crippen molar-refractivity contribution < 1.29 is 22.8 Å². The molecule has 2 N–H and O–H groups in total. The van der Waals surface area contributed by atoms with Crippen LogP contribution in [0.5, 0.6) is 0 Å². The van der Waals surface area contributed by atoms with E-state index in [1.807, 2.05) is 27.7 Å². The van der Waals surface area contributed by atoms with E-state index in [1.54, 1.807) is 30.3 Å². The zero-order valence-electron chi connectivity index (χ0n) is 21.7. The van der Waals surface area contributed by atoms with Gasteiger partial charge in [0.25, 0.3) is 0 Å². The first-order chi connectivity index (χ1) is 17.8. The van der Waals surface area contributed by atoms with Crippen LogP contribution in [0.3, 0.4) is 0 Å². The maximum Gasteiger partial charge on any atom is 0.418 e. The molecule has 0 bridgehead atoms. The molecule has 0 atom stereocenters. The van der Waals surface area contributed by atoms with Crippen molar-refractivity contribution in [2.24, 2.45) is 0 Å². The van der Waals surface area contributed by atoms with Gasteiger partial charge in [-0.2, -0.15) is 18.3 Å². The Bertz CT molecular complexity index is 1280. The molecule has 38 heavy (non-hydrogen) atoms. The maximum absolute atomic E-state index is 13.4. The van der Waals surface area contributed by atoms with Gasteiger partial charge < -0.3 is 15.5 Å². The fourth-order valence-electron chi connectivity index (χ4n) is 3.63. The number of anilines is 2. The monoisotopic (exact) mass is 549 g/mol. The van der Waals surface area contributed by atoms with Crippen LogP contribution in [0, 0.1) is 0 Å². The van der Waals surface area contributed by atoms with E-state index >= 15 is 0 Å². The molecule has 0 aliphatic heterocycles. The Labute approximate surface area is 225 Å². The summed E-state index contributed by atoms with van der Waals surface area (Å²) in [6.45, 7) is 7.65. The van der Waals surface area contributed by atoms with Gasteiger partial charge >= 0.3 is 12.2 Å². The Balaban J connectivity index is 1.85. The van der Waals surface area contributed by atoms with Crippen LogP contribution in [-0.2, 0) is 16.4 Å². The SMILES string of the molecule is CCCCN(CC(=O)Nc1cc(C(C)(C)C)nn1-c1ccccc1Cl)C(=O)Nc1ccccc1C(F)(F)F. The third-order valence-corrected chi connectivity index (χ3v) is 6.02. The second-order valence-electron chi connectivity index (χ2n) is 9.82. The predicted octanol–water partition coefficient (Wildman–Crippen LogP) is 7.11. The van der Waals surface area contributed by atoms with E-state index in [0.29, 0.717) is 28.6 Å². The van der Waals surface area contributed by atoms with Crippen LogP contribution in [0.15, 0.2) is 54.6 Å². The molecule has 204 valence electrons. The van der Waals surface area contributed by atoms with Crippen molar-refractivity contribution in [1.82, 2.24) is 14.7 Å². The van der Waals surface area contributed by atoms with Crippen LogP contribution < -0.4 is 10.6 Å². The zero-order chi connectivity index (χ0) is 28.1. The van der Waals surface area contributed by atoms with E-state index in [0.717, 1.165) is 12.5 Å². The molecule has 2 aromatic carbocycles. The molecule has 0 aliphatic rings. The average molecular weight is 550 g/mol. The Morgan fingerprint density at radius 1 is 1.03 bits per heavy atom. The fourth-order valence-corrected chi connectivity index (χ4v) is 3.85. The molecular weight excluding hydrogens is 519 g/mol. The number of rotatable bonds is 8. The Morgan fingerprint density at radius 2 is 1.68 bits per heavy atom. The third kappa shape index (κ3) is 7.28. The van der Waals surface area contributed by atoms with E-state index < -0.39 is 23.7 Å². The number of hydrogen-bond donors (Lipinski definition) is 2. The van der Waals surface area contributed by atoms with Crippen molar-refractivity contribution in [3.63, 3.8) is 0 Å². The minimum Gasteiger partial charge on any atom is -0.315 e. The normalized spacial score (nSPS) is 11.8. The number of urea groups is 1. The number of carbonyl (C=O) groups is 2. The highest BCUT2D eigenvalue weighted by Crippen LogP contribution is 2.34. The van der Waals surface area contributed by atoms with Gasteiger partial charge in [-0.15, -0.1) is 0 Å². The lowest BCUT2D eigenvalue weighted by molar-refractivity contribution is -0.137. The Hall–Kier alpha value is -3.53. The van der Waals surface area contributed by atoms with E-state index in [2.05, 4.69) is 15.7 Å². The lowest BCUT2D eigenvalue weighted by Gasteiger charge is -2.23. The first-order valence-electron chi connectivity index (χ1n) is 12.2. The largest absolute Gasteiger partial charge is 0.418 e. The Kier molecular flexibility index (Phi) is 9.09. The minimum absolute atomic E-state index is 0.182. The van der Waals surface area contributed by atoms with Crippen molar-refractivity contribution in [2.75, 3.05) is 23.7 Å². The van der Waals surface area contributed by atoms with Gasteiger partial charge in [-0.05, 0) is 30.7 Å². The van der Waals surface area contributed by atoms with Gasteiger partial charge in [0.15, 0.2) is 0 Å². The molecule has 7 nitrogen and oxygen atoms in total. The highest BCUT2D eigenvalue weighted by Gasteiger charge is 2.34. The molecule has 0 saturated carbocycles. The summed E-state index contributed by atoms with van der Waals surface area (Å²) in [6.07, 6.45) is -3.36. The van der Waals surface area contributed by atoms with Crippen LogP contribution in [0.4, 0.5) is 29.5 Å². The van der Waals surface area contributed by atoms with Gasteiger partial charge in [0.05, 0.1) is 27.7 Å². The number of halogens is 4. The zero-order valence-corrected chi connectivity index (χ0v) is 22.5. The summed E-state index contributed by atoms with van der Waals surface area (Å²) in [4.78, 5) is 27.3. The molecule has 11 heteroatoms. The molecule has 0 aliphatic carbocycles. The molecule has 3 amide bonds. The van der Waals surface area contributed by atoms with Crippen LogP contribution in [0.2, 0.25) is 5.02 Å². The summed E-state index contributed by atoms with van der Waals surface area (Å²) >= 11 is 6.38. The molecule has 0 spiro atoms. The number of hydrogen-bond acceptors (Lipinski definition) is 3. The molecule has 0 saturated heterocycles. The second-order valence-corrected chi connectivity index (χ2v) is 10.2. The van der Waals surface area contributed by atoms with Crippen LogP contribution in [0.25, 0.3) is 5.69 Å². The van der Waals surface area contributed by atoms with Crippen LogP contribution in [0.1, 0.15) is 51.8 Å². The van der Waals surface area contributed by atoms with E-state index in [1.165, 1.54) is 27.8 Å². The fraction of sp³-hybridized carbons (Fsp3) is 0.370. The van der Waals surface area contributed by atoms with Gasteiger partial charge in [-0.1, -0.05) is 70.0 Å². The minimum atomic E-state index is -4.64. The van der Waals surface area contributed by atoms with Crippen molar-refractivity contribution >= 4 is 35.0 Å². The van der Waals surface area contributed by atoms with E-state index in [4.69, 9.17) is 11.6 Å². The van der Waals surface area contributed by atoms with Gasteiger partial charge in [0.1, 0.15) is 12.4 Å². The van der Waals surface area contributed by atoms with Crippen molar-refractivity contribution in [1.29, 1.82) is 0 Å². The first-order valence-corrected chi connectivity index (χ1v) is 12.6. The number of benzene rings is 2. The molecule has 3 rings (SSSR count). The first kappa shape index (κ1) is 29.0. The highest BCUT2D eigenvalue weighted by molar-refractivity contribution is 6.32. The van der Waals surface area contributed by atoms with Crippen molar-refractivity contribution in [3.8, 4) is 5.69 Å². The van der Waals surface area contributed by atoms with Crippen molar-refractivity contribution in [3.05, 3.63) is 70.9 Å². The number of unbranched alkanes of at least 4 members (excludes halogenated alkanes) is 1. The van der Waals surface area contributed by atoms with E-state index in [9.17, 15) is 22.8 Å². The van der Waals surface area contributed by atoms with Gasteiger partial charge in [-0.25, -0.2) is 9.48 Å². The topological polar surface area (TPSA) is 79.3 Å². The summed E-state index contributed by atoms with van der Waals surface area (Å²) in [5.41, 5.74) is -0.406. The standard InChI is InChI=1S/C27H31ClF3N5O2/c1-5-6-15-35(25(38)32-20-13-9-7-11-18(20)27(29,30)31)17-24(37)33-23-16-22(26(2,3)4)34-36(23)21-14-10-8-12-19(21)28/h7-14,16H,5-6,15,17H2,1-4H3,(H,32,38)(H,33,37). The second kappa shape index (κ2) is 11.9.